The summed E-state index contributed by atoms with van der Waals surface area (Å²) >= 11 is 1.81. The van der Waals surface area contributed by atoms with E-state index in [9.17, 15) is 4.79 Å². The van der Waals surface area contributed by atoms with Gasteiger partial charge in [0.1, 0.15) is 0 Å². The molecule has 1 amide bonds. The SMILES string of the molecule is CCC(N)CSCc1ccc(C(=O)NN)cc1. The van der Waals surface area contributed by atoms with Crippen LogP contribution in [0.4, 0.5) is 0 Å². The second-order valence-electron chi connectivity index (χ2n) is 3.85. The Labute approximate surface area is 106 Å². The molecule has 17 heavy (non-hydrogen) atoms. The molecule has 1 rings (SSSR count). The predicted octanol–water partition coefficient (Wildman–Crippen LogP) is 1.26. The number of hydrogen-bond donors (Lipinski definition) is 3. The van der Waals surface area contributed by atoms with Crippen LogP contribution in [-0.4, -0.2) is 17.7 Å². The molecule has 0 aliphatic heterocycles. The third kappa shape index (κ3) is 4.77. The Hall–Kier alpha value is -1.04. The molecule has 1 aromatic rings. The first-order valence-electron chi connectivity index (χ1n) is 5.60. The fourth-order valence-corrected chi connectivity index (χ4v) is 2.37. The molecule has 0 radical (unpaired) electrons. The van der Waals surface area contributed by atoms with Crippen LogP contribution >= 0.6 is 11.8 Å². The predicted molar refractivity (Wildman–Crippen MR) is 72.5 cm³/mol. The maximum absolute atomic E-state index is 11.2. The topological polar surface area (TPSA) is 81.1 Å². The molecule has 0 saturated carbocycles. The Kier molecular flexibility index (Phi) is 6.04. The molecule has 94 valence electrons. The summed E-state index contributed by atoms with van der Waals surface area (Å²) in [6.07, 6.45) is 1.00. The highest BCUT2D eigenvalue weighted by atomic mass is 32.2. The molecule has 5 N–H and O–H groups in total. The highest BCUT2D eigenvalue weighted by Gasteiger charge is 2.03. The van der Waals surface area contributed by atoms with E-state index in [2.05, 4.69) is 12.3 Å². The number of benzene rings is 1. The second-order valence-corrected chi connectivity index (χ2v) is 4.88. The zero-order valence-electron chi connectivity index (χ0n) is 9.98. The van der Waals surface area contributed by atoms with Crippen molar-refractivity contribution in [2.24, 2.45) is 11.6 Å². The van der Waals surface area contributed by atoms with Gasteiger partial charge in [-0.15, -0.1) is 0 Å². The Morgan fingerprint density at radius 1 is 1.41 bits per heavy atom. The molecule has 1 aromatic carbocycles. The van der Waals surface area contributed by atoms with E-state index in [0.717, 1.165) is 17.9 Å². The van der Waals surface area contributed by atoms with Crippen LogP contribution in [0.15, 0.2) is 24.3 Å². The summed E-state index contributed by atoms with van der Waals surface area (Å²) in [6.45, 7) is 2.09. The summed E-state index contributed by atoms with van der Waals surface area (Å²) in [6, 6.07) is 7.70. The number of thioether (sulfide) groups is 1. The molecule has 5 heteroatoms. The van der Waals surface area contributed by atoms with Crippen molar-refractivity contribution in [2.45, 2.75) is 25.1 Å². The Balaban J connectivity index is 2.43. The van der Waals surface area contributed by atoms with E-state index in [-0.39, 0.29) is 11.9 Å². The Bertz CT molecular complexity index is 353. The van der Waals surface area contributed by atoms with Crippen molar-refractivity contribution in [3.05, 3.63) is 35.4 Å². The van der Waals surface area contributed by atoms with Gasteiger partial charge < -0.3 is 5.73 Å². The van der Waals surface area contributed by atoms with Crippen LogP contribution in [0.5, 0.6) is 0 Å². The quantitative estimate of drug-likeness (QED) is 0.405. The van der Waals surface area contributed by atoms with Crippen LogP contribution in [0.25, 0.3) is 0 Å². The summed E-state index contributed by atoms with van der Waals surface area (Å²) in [5, 5.41) is 0. The Morgan fingerprint density at radius 2 is 2.06 bits per heavy atom. The third-order valence-corrected chi connectivity index (χ3v) is 3.67. The summed E-state index contributed by atoms with van der Waals surface area (Å²) in [4.78, 5) is 11.2. The molecular formula is C12H19N3OS. The second kappa shape index (κ2) is 7.32. The summed E-state index contributed by atoms with van der Waals surface area (Å²) < 4.78 is 0. The lowest BCUT2D eigenvalue weighted by molar-refractivity contribution is 0.0953. The highest BCUT2D eigenvalue weighted by Crippen LogP contribution is 2.14. The number of hydrazine groups is 1. The number of hydrogen-bond acceptors (Lipinski definition) is 4. The van der Waals surface area contributed by atoms with Gasteiger partial charge in [0.2, 0.25) is 0 Å². The molecule has 0 aromatic heterocycles. The van der Waals surface area contributed by atoms with Crippen molar-refractivity contribution in [3.8, 4) is 0 Å². The first-order valence-corrected chi connectivity index (χ1v) is 6.76. The lowest BCUT2D eigenvalue weighted by Crippen LogP contribution is -2.29. The van der Waals surface area contributed by atoms with Gasteiger partial charge in [-0.2, -0.15) is 11.8 Å². The lowest BCUT2D eigenvalue weighted by atomic mass is 10.1. The van der Waals surface area contributed by atoms with Gasteiger partial charge in [-0.25, -0.2) is 5.84 Å². The van der Waals surface area contributed by atoms with E-state index < -0.39 is 0 Å². The van der Waals surface area contributed by atoms with Crippen LogP contribution < -0.4 is 17.0 Å². The number of amides is 1. The molecule has 0 heterocycles. The van der Waals surface area contributed by atoms with E-state index >= 15 is 0 Å². The first-order chi connectivity index (χ1) is 8.17. The van der Waals surface area contributed by atoms with Gasteiger partial charge in [-0.1, -0.05) is 19.1 Å². The van der Waals surface area contributed by atoms with Crippen LogP contribution in [-0.2, 0) is 5.75 Å². The summed E-state index contributed by atoms with van der Waals surface area (Å²) in [7, 11) is 0. The minimum Gasteiger partial charge on any atom is -0.327 e. The normalized spacial score (nSPS) is 12.2. The van der Waals surface area contributed by atoms with Crippen molar-refractivity contribution >= 4 is 17.7 Å². The van der Waals surface area contributed by atoms with E-state index in [1.807, 2.05) is 23.9 Å². The maximum Gasteiger partial charge on any atom is 0.265 e. The molecule has 0 fully saturated rings. The monoisotopic (exact) mass is 253 g/mol. The summed E-state index contributed by atoms with van der Waals surface area (Å²) in [5.74, 6) is 6.66. The molecule has 4 nitrogen and oxygen atoms in total. The molecule has 0 saturated heterocycles. The number of carbonyl (C=O) groups excluding carboxylic acids is 1. The van der Waals surface area contributed by atoms with Crippen LogP contribution in [0, 0.1) is 0 Å². The van der Waals surface area contributed by atoms with Crippen molar-refractivity contribution in [1.29, 1.82) is 0 Å². The van der Waals surface area contributed by atoms with Gasteiger partial charge in [-0.05, 0) is 24.1 Å². The van der Waals surface area contributed by atoms with E-state index in [4.69, 9.17) is 11.6 Å². The Morgan fingerprint density at radius 3 is 2.59 bits per heavy atom. The van der Waals surface area contributed by atoms with Gasteiger partial charge in [0.25, 0.3) is 5.91 Å². The minimum atomic E-state index is -0.266. The largest absolute Gasteiger partial charge is 0.327 e. The number of carbonyl (C=O) groups is 1. The van der Waals surface area contributed by atoms with Crippen LogP contribution in [0.1, 0.15) is 29.3 Å². The molecule has 0 aliphatic carbocycles. The number of rotatable bonds is 6. The van der Waals surface area contributed by atoms with Crippen molar-refractivity contribution in [1.82, 2.24) is 5.43 Å². The number of nitrogen functional groups attached to an aromatic ring is 1. The number of nitrogens with one attached hydrogen (secondary N) is 1. The van der Waals surface area contributed by atoms with E-state index in [0.29, 0.717) is 5.56 Å². The molecule has 0 spiro atoms. The molecular weight excluding hydrogens is 234 g/mol. The van der Waals surface area contributed by atoms with E-state index in [1.165, 1.54) is 5.56 Å². The number of nitrogens with two attached hydrogens (primary N) is 2. The fraction of sp³-hybridized carbons (Fsp3) is 0.417. The van der Waals surface area contributed by atoms with Gasteiger partial charge >= 0.3 is 0 Å². The third-order valence-electron chi connectivity index (χ3n) is 2.47. The average molecular weight is 253 g/mol. The molecule has 1 unspecified atom stereocenters. The van der Waals surface area contributed by atoms with Crippen molar-refractivity contribution in [2.75, 3.05) is 5.75 Å². The van der Waals surface area contributed by atoms with Crippen molar-refractivity contribution < 1.29 is 4.79 Å². The molecule has 1 atom stereocenters. The standard InChI is InChI=1S/C12H19N3OS/c1-2-11(13)8-17-7-9-3-5-10(6-4-9)12(16)15-14/h3-6,11H,2,7-8,13-14H2,1H3,(H,15,16). The molecule has 0 bridgehead atoms. The maximum atomic E-state index is 11.2. The van der Waals surface area contributed by atoms with Gasteiger partial charge in [0.15, 0.2) is 0 Å². The lowest BCUT2D eigenvalue weighted by Gasteiger charge is -2.08. The van der Waals surface area contributed by atoms with Gasteiger partial charge in [0.05, 0.1) is 0 Å². The van der Waals surface area contributed by atoms with Gasteiger partial charge in [0, 0.05) is 23.1 Å². The smallest absolute Gasteiger partial charge is 0.265 e. The average Bonchev–Trinajstić information content (AvgIpc) is 2.38. The highest BCUT2D eigenvalue weighted by molar-refractivity contribution is 7.98. The first kappa shape index (κ1) is 14.0. The van der Waals surface area contributed by atoms with Crippen LogP contribution in [0.3, 0.4) is 0 Å². The zero-order chi connectivity index (χ0) is 12.7. The van der Waals surface area contributed by atoms with E-state index in [1.54, 1.807) is 12.1 Å². The van der Waals surface area contributed by atoms with Gasteiger partial charge in [-0.3, -0.25) is 10.2 Å². The minimum absolute atomic E-state index is 0.266. The zero-order valence-corrected chi connectivity index (χ0v) is 10.8. The van der Waals surface area contributed by atoms with Crippen LogP contribution in [0.2, 0.25) is 0 Å². The summed E-state index contributed by atoms with van der Waals surface area (Å²) in [5.41, 5.74) is 9.70. The fourth-order valence-electron chi connectivity index (χ4n) is 1.28. The molecule has 0 aliphatic rings. The van der Waals surface area contributed by atoms with Crippen molar-refractivity contribution in [3.63, 3.8) is 0 Å².